The second-order valence-electron chi connectivity index (χ2n) is 13.3. The van der Waals surface area contributed by atoms with Gasteiger partial charge in [0.15, 0.2) is 0 Å². The molecule has 0 saturated carbocycles. The number of benzene rings is 9. The van der Waals surface area contributed by atoms with Crippen LogP contribution in [0.4, 0.5) is 0 Å². The van der Waals surface area contributed by atoms with Crippen molar-refractivity contribution in [3.05, 3.63) is 182 Å². The van der Waals surface area contributed by atoms with Crippen LogP contribution >= 0.6 is 0 Å². The van der Waals surface area contributed by atoms with Gasteiger partial charge in [-0.2, -0.15) is 0 Å². The van der Waals surface area contributed by atoms with Gasteiger partial charge in [0.05, 0.1) is 22.1 Å². The SMILES string of the molecule is c1ccc(-n2c3ccccc3c3ccc(-n4c5ccccc5c5ccc(-c6ccc7c8ccccc8c8ccccc8c7c6)cc54)cc32)cc1. The second kappa shape index (κ2) is 10.4. The smallest absolute Gasteiger partial charge is 0.0561 e. The van der Waals surface area contributed by atoms with Gasteiger partial charge in [-0.1, -0.05) is 133 Å². The highest BCUT2D eigenvalue weighted by Gasteiger charge is 2.17. The highest BCUT2D eigenvalue weighted by atomic mass is 15.0. The average Bonchev–Trinajstić information content (AvgIpc) is 3.70. The van der Waals surface area contributed by atoms with E-state index in [1.807, 2.05) is 0 Å². The lowest BCUT2D eigenvalue weighted by atomic mass is 9.92. The third kappa shape index (κ3) is 3.85. The van der Waals surface area contributed by atoms with Crippen molar-refractivity contribution in [3.8, 4) is 22.5 Å². The molecule has 0 amide bonds. The molecule has 0 atom stereocenters. The molecular weight excluding hydrogens is 605 g/mol. The predicted molar refractivity (Wildman–Crippen MR) is 213 cm³/mol. The topological polar surface area (TPSA) is 9.86 Å². The van der Waals surface area contributed by atoms with Gasteiger partial charge in [-0.05, 0) is 92.0 Å². The maximum atomic E-state index is 2.45. The maximum absolute atomic E-state index is 2.45. The normalized spacial score (nSPS) is 12.0. The van der Waals surface area contributed by atoms with Crippen molar-refractivity contribution in [2.24, 2.45) is 0 Å². The van der Waals surface area contributed by atoms with Gasteiger partial charge in [-0.15, -0.1) is 0 Å². The summed E-state index contributed by atoms with van der Waals surface area (Å²) in [6.07, 6.45) is 0. The van der Waals surface area contributed by atoms with E-state index in [-0.39, 0.29) is 0 Å². The molecule has 0 saturated heterocycles. The first-order chi connectivity index (χ1) is 24.8. The van der Waals surface area contributed by atoms with E-state index in [0.717, 1.165) is 11.4 Å². The molecule has 0 aliphatic heterocycles. The number of para-hydroxylation sites is 3. The highest BCUT2D eigenvalue weighted by Crippen LogP contribution is 2.40. The van der Waals surface area contributed by atoms with Gasteiger partial charge in [0, 0.05) is 32.9 Å². The van der Waals surface area contributed by atoms with Crippen molar-refractivity contribution < 1.29 is 0 Å². The Morgan fingerprint density at radius 3 is 1.24 bits per heavy atom. The number of rotatable bonds is 3. The Balaban J connectivity index is 1.17. The lowest BCUT2D eigenvalue weighted by Crippen LogP contribution is -1.97. The summed E-state index contributed by atoms with van der Waals surface area (Å²) in [5.74, 6) is 0. The molecule has 0 radical (unpaired) electrons. The fraction of sp³-hybridized carbons (Fsp3) is 0. The number of nitrogens with zero attached hydrogens (tertiary/aromatic N) is 2. The fourth-order valence-electron chi connectivity index (χ4n) is 8.47. The Kier molecular flexibility index (Phi) is 5.70. The Bertz CT molecular complexity index is 3110. The summed E-state index contributed by atoms with van der Waals surface area (Å²) in [7, 11) is 0. The molecule has 0 spiro atoms. The number of fused-ring (bicyclic) bond motifs is 12. The minimum Gasteiger partial charge on any atom is -0.309 e. The van der Waals surface area contributed by atoms with E-state index < -0.39 is 0 Å². The molecule has 2 heterocycles. The summed E-state index contributed by atoms with van der Waals surface area (Å²) in [6, 6.07) is 66.8. The van der Waals surface area contributed by atoms with E-state index in [1.54, 1.807) is 0 Å². The van der Waals surface area contributed by atoms with Gasteiger partial charge in [0.25, 0.3) is 0 Å². The van der Waals surface area contributed by atoms with Crippen LogP contribution in [0, 0.1) is 0 Å². The third-order valence-electron chi connectivity index (χ3n) is 10.7. The van der Waals surface area contributed by atoms with Crippen molar-refractivity contribution in [1.82, 2.24) is 9.13 Å². The van der Waals surface area contributed by atoms with E-state index in [9.17, 15) is 0 Å². The Hall–Kier alpha value is -6.64. The first-order valence-electron chi connectivity index (χ1n) is 17.3. The van der Waals surface area contributed by atoms with Crippen LogP contribution in [-0.2, 0) is 0 Å². The summed E-state index contributed by atoms with van der Waals surface area (Å²) in [5, 5.41) is 12.8. The van der Waals surface area contributed by atoms with Gasteiger partial charge >= 0.3 is 0 Å². The lowest BCUT2D eigenvalue weighted by Gasteiger charge is -2.13. The van der Waals surface area contributed by atoms with Crippen LogP contribution in [0.1, 0.15) is 0 Å². The van der Waals surface area contributed by atoms with Crippen LogP contribution in [0.5, 0.6) is 0 Å². The van der Waals surface area contributed by atoms with E-state index in [1.165, 1.54) is 87.1 Å². The predicted octanol–water partition coefficient (Wildman–Crippen LogP) is 13.0. The highest BCUT2D eigenvalue weighted by molar-refractivity contribution is 6.26. The third-order valence-corrected chi connectivity index (χ3v) is 10.7. The molecule has 50 heavy (non-hydrogen) atoms. The Labute approximate surface area is 288 Å². The fourth-order valence-corrected chi connectivity index (χ4v) is 8.47. The number of hydrogen-bond donors (Lipinski definition) is 0. The molecule has 0 unspecified atom stereocenters. The molecule has 11 aromatic rings. The van der Waals surface area contributed by atoms with Crippen molar-refractivity contribution in [1.29, 1.82) is 0 Å². The summed E-state index contributed by atoms with van der Waals surface area (Å²) < 4.78 is 4.85. The van der Waals surface area contributed by atoms with Crippen LogP contribution in [0.2, 0.25) is 0 Å². The molecular formula is C48H30N2. The molecule has 9 aromatic carbocycles. The van der Waals surface area contributed by atoms with E-state index in [4.69, 9.17) is 0 Å². The molecule has 0 aliphatic rings. The molecule has 0 N–H and O–H groups in total. The second-order valence-corrected chi connectivity index (χ2v) is 13.3. The molecule has 11 rings (SSSR count). The molecule has 0 aliphatic carbocycles. The van der Waals surface area contributed by atoms with Gasteiger partial charge in [0.2, 0.25) is 0 Å². The van der Waals surface area contributed by atoms with Gasteiger partial charge in [-0.3, -0.25) is 0 Å². The number of hydrogen-bond acceptors (Lipinski definition) is 0. The largest absolute Gasteiger partial charge is 0.309 e. The first kappa shape index (κ1) is 27.3. The van der Waals surface area contributed by atoms with Gasteiger partial charge in [0.1, 0.15) is 0 Å². The summed E-state index contributed by atoms with van der Waals surface area (Å²) >= 11 is 0. The molecule has 0 bridgehead atoms. The van der Waals surface area contributed by atoms with Crippen LogP contribution in [-0.4, -0.2) is 9.13 Å². The zero-order chi connectivity index (χ0) is 32.8. The van der Waals surface area contributed by atoms with Crippen molar-refractivity contribution in [2.75, 3.05) is 0 Å². The minimum absolute atomic E-state index is 1.15. The minimum atomic E-state index is 1.15. The van der Waals surface area contributed by atoms with Crippen LogP contribution < -0.4 is 0 Å². The van der Waals surface area contributed by atoms with Gasteiger partial charge in [-0.25, -0.2) is 0 Å². The molecule has 0 fully saturated rings. The summed E-state index contributed by atoms with van der Waals surface area (Å²) in [4.78, 5) is 0. The average molecular weight is 635 g/mol. The lowest BCUT2D eigenvalue weighted by molar-refractivity contribution is 1.15. The quantitative estimate of drug-likeness (QED) is 0.171. The van der Waals surface area contributed by atoms with E-state index >= 15 is 0 Å². The van der Waals surface area contributed by atoms with E-state index in [2.05, 4.69) is 191 Å². The maximum Gasteiger partial charge on any atom is 0.0561 e. The standard InChI is InChI=1S/C48H30N2/c1-2-12-33(13-3-1)49-45-20-10-8-19-41(45)43-27-24-34(30-48(43)49)50-46-21-11-9-18-40(46)42-26-23-32(29-47(42)50)31-22-25-39-37-16-5-4-14-35(37)36-15-6-7-17-38(36)44(39)28-31/h1-30H. The Morgan fingerprint density at radius 2 is 0.620 bits per heavy atom. The van der Waals surface area contributed by atoms with Crippen molar-refractivity contribution >= 4 is 75.9 Å². The molecule has 2 nitrogen and oxygen atoms in total. The molecule has 2 aromatic heterocycles. The van der Waals surface area contributed by atoms with Crippen LogP contribution in [0.3, 0.4) is 0 Å². The number of aromatic nitrogens is 2. The van der Waals surface area contributed by atoms with Crippen LogP contribution in [0.25, 0.3) is 98.4 Å². The molecule has 2 heteroatoms. The monoisotopic (exact) mass is 634 g/mol. The van der Waals surface area contributed by atoms with Crippen LogP contribution in [0.15, 0.2) is 182 Å². The van der Waals surface area contributed by atoms with E-state index in [0.29, 0.717) is 0 Å². The summed E-state index contributed by atoms with van der Waals surface area (Å²) in [6.45, 7) is 0. The zero-order valence-corrected chi connectivity index (χ0v) is 27.2. The summed E-state index contributed by atoms with van der Waals surface area (Å²) in [5.41, 5.74) is 9.56. The first-order valence-corrected chi connectivity index (χ1v) is 17.3. The Morgan fingerprint density at radius 1 is 0.220 bits per heavy atom. The van der Waals surface area contributed by atoms with Gasteiger partial charge < -0.3 is 9.13 Å². The zero-order valence-electron chi connectivity index (χ0n) is 27.2. The van der Waals surface area contributed by atoms with Crippen molar-refractivity contribution in [2.45, 2.75) is 0 Å². The molecule has 232 valence electrons. The van der Waals surface area contributed by atoms with Crippen molar-refractivity contribution in [3.63, 3.8) is 0 Å².